The number of amides is 1. The molecule has 0 bridgehead atoms. The van der Waals surface area contributed by atoms with Crippen molar-refractivity contribution in [2.75, 3.05) is 31.1 Å². The number of aryl methyl sites for hydroxylation is 1. The molecule has 1 aliphatic heterocycles. The lowest BCUT2D eigenvalue weighted by Crippen LogP contribution is -2.50. The molecule has 0 spiro atoms. The van der Waals surface area contributed by atoms with Gasteiger partial charge in [-0.15, -0.1) is 10.2 Å². The van der Waals surface area contributed by atoms with Crippen LogP contribution in [-0.4, -0.2) is 57.2 Å². The van der Waals surface area contributed by atoms with Gasteiger partial charge < -0.3 is 9.80 Å². The van der Waals surface area contributed by atoms with Crippen molar-refractivity contribution in [2.24, 2.45) is 0 Å². The zero-order valence-electron chi connectivity index (χ0n) is 16.5. The number of hydrogen-bond donors (Lipinski definition) is 0. The van der Waals surface area contributed by atoms with E-state index in [0.717, 1.165) is 18.7 Å². The van der Waals surface area contributed by atoms with Crippen molar-refractivity contribution < 1.29 is 4.79 Å². The summed E-state index contributed by atoms with van der Waals surface area (Å²) in [6, 6.07) is 13.6. The number of hydrogen-bond acceptors (Lipinski definition) is 5. The van der Waals surface area contributed by atoms with Gasteiger partial charge in [-0.25, -0.2) is 0 Å². The first-order valence-electron chi connectivity index (χ1n) is 9.64. The minimum atomic E-state index is 0.000609. The summed E-state index contributed by atoms with van der Waals surface area (Å²) in [6.45, 7) is 7.35. The number of carbonyl (C=O) groups excluding carboxylic acids is 1. The van der Waals surface area contributed by atoms with Crippen molar-refractivity contribution in [3.63, 3.8) is 0 Å². The zero-order chi connectivity index (χ0) is 20.4. The van der Waals surface area contributed by atoms with Crippen LogP contribution in [0.4, 0.5) is 5.69 Å². The molecule has 3 aromatic rings. The molecule has 1 aliphatic rings. The van der Waals surface area contributed by atoms with Gasteiger partial charge in [0.25, 0.3) is 0 Å². The topological polar surface area (TPSA) is 67.2 Å². The van der Waals surface area contributed by atoms with Crippen molar-refractivity contribution in [1.82, 2.24) is 25.1 Å². The van der Waals surface area contributed by atoms with Crippen LogP contribution >= 0.6 is 11.6 Å². The third-order valence-electron chi connectivity index (χ3n) is 5.36. The van der Waals surface area contributed by atoms with Crippen molar-refractivity contribution in [2.45, 2.75) is 20.4 Å². The minimum absolute atomic E-state index is 0.000609. The molecule has 150 valence electrons. The van der Waals surface area contributed by atoms with Crippen molar-refractivity contribution in [3.05, 3.63) is 58.6 Å². The summed E-state index contributed by atoms with van der Waals surface area (Å²) < 4.78 is 0. The summed E-state index contributed by atoms with van der Waals surface area (Å²) in [4.78, 5) is 18.2. The molecular formula is C21H23ClN6O. The standard InChI is InChI=1S/C21H23ClN6O/c1-15-5-3-8-19(16(15)2)26-9-11-27(12-10-26)20(29)14-28-24-21(23-25-28)17-6-4-7-18(22)13-17/h3-8,13H,9-12,14H2,1-2H3. The lowest BCUT2D eigenvalue weighted by molar-refractivity contribution is -0.132. The molecule has 7 nitrogen and oxygen atoms in total. The molecule has 0 N–H and O–H groups in total. The first-order valence-corrected chi connectivity index (χ1v) is 10.0. The number of carbonyl (C=O) groups is 1. The fraction of sp³-hybridized carbons (Fsp3) is 0.333. The highest BCUT2D eigenvalue weighted by molar-refractivity contribution is 6.30. The van der Waals surface area contributed by atoms with Gasteiger partial charge in [-0.1, -0.05) is 35.9 Å². The van der Waals surface area contributed by atoms with E-state index in [2.05, 4.69) is 52.4 Å². The van der Waals surface area contributed by atoms with Crippen LogP contribution < -0.4 is 4.90 Å². The highest BCUT2D eigenvalue weighted by Crippen LogP contribution is 2.24. The first-order chi connectivity index (χ1) is 14.0. The molecule has 4 rings (SSSR count). The van der Waals surface area contributed by atoms with Crippen LogP contribution in [0, 0.1) is 13.8 Å². The molecule has 0 unspecified atom stereocenters. The van der Waals surface area contributed by atoms with Gasteiger partial charge in [0.05, 0.1) is 0 Å². The molecule has 1 saturated heterocycles. The van der Waals surface area contributed by atoms with E-state index in [1.807, 2.05) is 17.0 Å². The molecule has 1 aromatic heterocycles. The molecule has 29 heavy (non-hydrogen) atoms. The van der Waals surface area contributed by atoms with E-state index in [1.165, 1.54) is 21.6 Å². The Bertz CT molecular complexity index is 1030. The van der Waals surface area contributed by atoms with E-state index >= 15 is 0 Å². The van der Waals surface area contributed by atoms with Gasteiger partial charge >= 0.3 is 0 Å². The third-order valence-corrected chi connectivity index (χ3v) is 5.60. The largest absolute Gasteiger partial charge is 0.368 e. The zero-order valence-corrected chi connectivity index (χ0v) is 17.3. The Morgan fingerprint density at radius 2 is 1.83 bits per heavy atom. The number of piperazine rings is 1. The van der Waals surface area contributed by atoms with E-state index < -0.39 is 0 Å². The van der Waals surface area contributed by atoms with E-state index in [0.29, 0.717) is 23.9 Å². The van der Waals surface area contributed by atoms with Crippen LogP contribution in [0.1, 0.15) is 11.1 Å². The second-order valence-electron chi connectivity index (χ2n) is 7.24. The van der Waals surface area contributed by atoms with E-state index in [-0.39, 0.29) is 12.5 Å². The Morgan fingerprint density at radius 1 is 1.07 bits per heavy atom. The van der Waals surface area contributed by atoms with Gasteiger partial charge in [0.1, 0.15) is 6.54 Å². The van der Waals surface area contributed by atoms with E-state index in [9.17, 15) is 4.79 Å². The van der Waals surface area contributed by atoms with Crippen molar-refractivity contribution in [1.29, 1.82) is 0 Å². The second-order valence-corrected chi connectivity index (χ2v) is 7.68. The Hall–Kier alpha value is -2.93. The van der Waals surface area contributed by atoms with Gasteiger partial charge in [0.2, 0.25) is 11.7 Å². The molecule has 0 atom stereocenters. The predicted molar refractivity (Wildman–Crippen MR) is 113 cm³/mol. The van der Waals surface area contributed by atoms with Crippen molar-refractivity contribution in [3.8, 4) is 11.4 Å². The Balaban J connectivity index is 1.36. The average Bonchev–Trinajstić information content (AvgIpc) is 3.19. The number of anilines is 1. The van der Waals surface area contributed by atoms with Gasteiger partial charge in [0.15, 0.2) is 0 Å². The summed E-state index contributed by atoms with van der Waals surface area (Å²) in [7, 11) is 0. The fourth-order valence-electron chi connectivity index (χ4n) is 3.55. The highest BCUT2D eigenvalue weighted by Gasteiger charge is 2.23. The van der Waals surface area contributed by atoms with Crippen LogP contribution in [0.2, 0.25) is 5.02 Å². The smallest absolute Gasteiger partial charge is 0.246 e. The lowest BCUT2D eigenvalue weighted by Gasteiger charge is -2.37. The summed E-state index contributed by atoms with van der Waals surface area (Å²) in [6.07, 6.45) is 0. The van der Waals surface area contributed by atoms with Gasteiger partial charge in [-0.3, -0.25) is 4.79 Å². The third kappa shape index (κ3) is 4.24. The maximum absolute atomic E-state index is 12.7. The predicted octanol–water partition coefficient (Wildman–Crippen LogP) is 2.96. The lowest BCUT2D eigenvalue weighted by atomic mass is 10.1. The number of aromatic nitrogens is 4. The number of rotatable bonds is 4. The molecule has 0 radical (unpaired) electrons. The van der Waals surface area contributed by atoms with E-state index in [4.69, 9.17) is 11.6 Å². The minimum Gasteiger partial charge on any atom is -0.368 e. The van der Waals surface area contributed by atoms with Crippen LogP contribution in [0.15, 0.2) is 42.5 Å². The van der Waals surface area contributed by atoms with E-state index in [1.54, 1.807) is 12.1 Å². The molecule has 2 aromatic carbocycles. The first kappa shape index (κ1) is 19.4. The average molecular weight is 411 g/mol. The fourth-order valence-corrected chi connectivity index (χ4v) is 3.74. The summed E-state index contributed by atoms with van der Waals surface area (Å²) >= 11 is 6.01. The maximum Gasteiger partial charge on any atom is 0.246 e. The summed E-state index contributed by atoms with van der Waals surface area (Å²) in [5.74, 6) is 0.459. The normalized spacial score (nSPS) is 14.3. The van der Waals surface area contributed by atoms with Crippen LogP contribution in [-0.2, 0) is 11.3 Å². The summed E-state index contributed by atoms with van der Waals surface area (Å²) in [5, 5.41) is 13.0. The molecule has 8 heteroatoms. The molecular weight excluding hydrogens is 388 g/mol. The Kier molecular flexibility index (Phi) is 5.49. The Labute approximate surface area is 174 Å². The number of benzene rings is 2. The maximum atomic E-state index is 12.7. The number of nitrogens with zero attached hydrogens (tertiary/aromatic N) is 6. The molecule has 2 heterocycles. The SMILES string of the molecule is Cc1cccc(N2CCN(C(=O)Cn3nnc(-c4cccc(Cl)c4)n3)CC2)c1C. The van der Waals surface area contributed by atoms with Crippen LogP contribution in [0.3, 0.4) is 0 Å². The highest BCUT2D eigenvalue weighted by atomic mass is 35.5. The van der Waals surface area contributed by atoms with Crippen LogP contribution in [0.5, 0.6) is 0 Å². The molecule has 0 saturated carbocycles. The van der Waals surface area contributed by atoms with Crippen LogP contribution in [0.25, 0.3) is 11.4 Å². The number of halogens is 1. The molecule has 1 fully saturated rings. The molecule has 1 amide bonds. The van der Waals surface area contributed by atoms with Gasteiger partial charge in [-0.2, -0.15) is 4.80 Å². The summed E-state index contributed by atoms with van der Waals surface area (Å²) in [5.41, 5.74) is 4.61. The second kappa shape index (κ2) is 8.21. The van der Waals surface area contributed by atoms with Crippen molar-refractivity contribution >= 4 is 23.2 Å². The van der Waals surface area contributed by atoms with Gasteiger partial charge in [0, 0.05) is 42.5 Å². The van der Waals surface area contributed by atoms with Gasteiger partial charge in [-0.05, 0) is 48.4 Å². The quantitative estimate of drug-likeness (QED) is 0.661. The number of tetrazole rings is 1. The monoisotopic (exact) mass is 410 g/mol. The Morgan fingerprint density at radius 3 is 2.59 bits per heavy atom. The molecule has 0 aliphatic carbocycles.